The number of benzene rings is 3. The third-order valence-electron chi connectivity index (χ3n) is 6.33. The molecule has 4 aromatic rings. The molecule has 186 valence electrons. The van der Waals surface area contributed by atoms with Crippen LogP contribution < -0.4 is 15.0 Å². The highest BCUT2D eigenvalue weighted by Crippen LogP contribution is 2.42. The first kappa shape index (κ1) is 23.8. The van der Waals surface area contributed by atoms with Crippen molar-refractivity contribution in [2.45, 2.75) is 13.0 Å². The third-order valence-corrected chi connectivity index (χ3v) is 6.33. The lowest BCUT2D eigenvalue weighted by molar-refractivity contribution is 0.0964. The second-order valence-corrected chi connectivity index (χ2v) is 8.62. The van der Waals surface area contributed by atoms with Gasteiger partial charge in [-0.15, -0.1) is 0 Å². The van der Waals surface area contributed by atoms with E-state index in [-0.39, 0.29) is 23.6 Å². The molecule has 1 unspecified atom stereocenters. The van der Waals surface area contributed by atoms with E-state index in [2.05, 4.69) is 10.2 Å². The maximum Gasteiger partial charge on any atom is 0.255 e. The summed E-state index contributed by atoms with van der Waals surface area (Å²) in [6.07, 6.45) is -0.380. The number of carbonyl (C=O) groups excluding carboxylic acids is 1. The van der Waals surface area contributed by atoms with Crippen molar-refractivity contribution in [2.24, 2.45) is 0 Å². The molecule has 0 spiro atoms. The van der Waals surface area contributed by atoms with Gasteiger partial charge in [-0.2, -0.15) is 0 Å². The molecule has 0 saturated carbocycles. The molecule has 0 bridgehead atoms. The van der Waals surface area contributed by atoms with Gasteiger partial charge in [0.05, 0.1) is 24.5 Å². The molecular weight excluding hydrogens is 466 g/mol. The number of furan rings is 1. The van der Waals surface area contributed by atoms with Crippen molar-refractivity contribution in [1.29, 1.82) is 0 Å². The molecule has 5 rings (SSSR count). The average molecular weight is 493 g/mol. The van der Waals surface area contributed by atoms with Crippen LogP contribution in [0.3, 0.4) is 0 Å². The van der Waals surface area contributed by atoms with Gasteiger partial charge < -0.3 is 24.1 Å². The average Bonchev–Trinajstić information content (AvgIpc) is 3.27. The van der Waals surface area contributed by atoms with E-state index < -0.39 is 0 Å². The van der Waals surface area contributed by atoms with Crippen molar-refractivity contribution in [3.05, 3.63) is 83.4 Å². The van der Waals surface area contributed by atoms with Gasteiger partial charge in [-0.05, 0) is 55.0 Å². The molecule has 8 heteroatoms. The van der Waals surface area contributed by atoms with Crippen molar-refractivity contribution < 1.29 is 27.5 Å². The second-order valence-electron chi connectivity index (χ2n) is 8.62. The van der Waals surface area contributed by atoms with E-state index in [4.69, 9.17) is 13.9 Å². The molecule has 1 aliphatic rings. The van der Waals surface area contributed by atoms with E-state index in [1.165, 1.54) is 24.3 Å². The Labute approximate surface area is 207 Å². The summed E-state index contributed by atoms with van der Waals surface area (Å²) in [6, 6.07) is 15.7. The molecule has 1 amide bonds. The quantitative estimate of drug-likeness (QED) is 0.373. The van der Waals surface area contributed by atoms with E-state index >= 15 is 0 Å². The Kier molecular flexibility index (Phi) is 6.61. The number of rotatable bonds is 6. The zero-order chi connectivity index (χ0) is 25.2. The van der Waals surface area contributed by atoms with Crippen LogP contribution >= 0.6 is 0 Å². The number of anilines is 1. The Morgan fingerprint density at radius 3 is 2.28 bits per heavy atom. The summed E-state index contributed by atoms with van der Waals surface area (Å²) in [5.41, 5.74) is 3.06. The van der Waals surface area contributed by atoms with Crippen LogP contribution in [0.15, 0.2) is 65.1 Å². The number of nitrogens with one attached hydrogen (secondary N) is 1. The zero-order valence-corrected chi connectivity index (χ0v) is 20.0. The summed E-state index contributed by atoms with van der Waals surface area (Å²) in [4.78, 5) is 15.1. The number of hydrogen-bond acceptors (Lipinski definition) is 5. The summed E-state index contributed by atoms with van der Waals surface area (Å²) in [5, 5.41) is 3.25. The largest absolute Gasteiger partial charge is 0.484 e. The van der Waals surface area contributed by atoms with Crippen molar-refractivity contribution in [1.82, 2.24) is 5.32 Å². The maximum atomic E-state index is 13.6. The molecule has 2 heterocycles. The number of halogens is 2. The molecule has 36 heavy (non-hydrogen) atoms. The SMILES string of the molecule is CNC(=O)c1c(-c2ccc(F)cc2)oc2cc(N3CCOCC3)c(OC(C)c3ccc(F)cc3)cc12. The molecule has 6 nitrogen and oxygen atoms in total. The number of nitrogens with zero attached hydrogens (tertiary/aromatic N) is 1. The highest BCUT2D eigenvalue weighted by molar-refractivity contribution is 6.12. The first-order valence-corrected chi connectivity index (χ1v) is 11.8. The Balaban J connectivity index is 1.65. The molecule has 1 fully saturated rings. The fourth-order valence-corrected chi connectivity index (χ4v) is 4.41. The highest BCUT2D eigenvalue weighted by atomic mass is 19.1. The van der Waals surface area contributed by atoms with Gasteiger partial charge in [-0.1, -0.05) is 12.1 Å². The number of morpholine rings is 1. The lowest BCUT2D eigenvalue weighted by Gasteiger charge is -2.31. The Morgan fingerprint density at radius 1 is 1.00 bits per heavy atom. The number of hydrogen-bond donors (Lipinski definition) is 1. The van der Waals surface area contributed by atoms with Crippen LogP contribution in [-0.2, 0) is 4.74 Å². The minimum absolute atomic E-state index is 0.316. The van der Waals surface area contributed by atoms with Crippen LogP contribution in [0.4, 0.5) is 14.5 Å². The Bertz CT molecular complexity index is 1380. The number of fused-ring (bicyclic) bond motifs is 1. The normalized spacial score (nSPS) is 14.6. The van der Waals surface area contributed by atoms with Crippen molar-refractivity contribution in [3.63, 3.8) is 0 Å². The predicted octanol–water partition coefficient (Wildman–Crippen LogP) is 5.71. The van der Waals surface area contributed by atoms with E-state index in [9.17, 15) is 13.6 Å². The van der Waals surface area contributed by atoms with Gasteiger partial charge >= 0.3 is 0 Å². The highest BCUT2D eigenvalue weighted by Gasteiger charge is 2.26. The topological polar surface area (TPSA) is 63.9 Å². The Morgan fingerprint density at radius 2 is 1.64 bits per heavy atom. The number of carbonyl (C=O) groups is 1. The monoisotopic (exact) mass is 492 g/mol. The van der Waals surface area contributed by atoms with E-state index in [0.717, 1.165) is 11.3 Å². The summed E-state index contributed by atoms with van der Waals surface area (Å²) in [6.45, 7) is 4.38. The first-order valence-electron chi connectivity index (χ1n) is 11.8. The van der Waals surface area contributed by atoms with Gasteiger partial charge in [0.2, 0.25) is 0 Å². The number of ether oxygens (including phenoxy) is 2. The number of amides is 1. The summed E-state index contributed by atoms with van der Waals surface area (Å²) >= 11 is 0. The molecule has 3 aromatic carbocycles. The predicted molar refractivity (Wildman–Crippen MR) is 133 cm³/mol. The fraction of sp³-hybridized carbons (Fsp3) is 0.250. The maximum absolute atomic E-state index is 13.6. The Hall–Kier alpha value is -3.91. The van der Waals surface area contributed by atoms with E-state index in [1.807, 2.05) is 13.0 Å². The zero-order valence-electron chi connectivity index (χ0n) is 20.0. The van der Waals surface area contributed by atoms with Crippen LogP contribution in [0.2, 0.25) is 0 Å². The molecule has 1 aliphatic heterocycles. The van der Waals surface area contributed by atoms with Gasteiger partial charge in [-0.3, -0.25) is 4.79 Å². The summed E-state index contributed by atoms with van der Waals surface area (Å²) in [7, 11) is 1.55. The fourth-order valence-electron chi connectivity index (χ4n) is 4.41. The van der Waals surface area contributed by atoms with Crippen LogP contribution in [0.25, 0.3) is 22.3 Å². The third kappa shape index (κ3) is 4.64. The van der Waals surface area contributed by atoms with Gasteiger partial charge in [0, 0.05) is 37.2 Å². The van der Waals surface area contributed by atoms with Crippen LogP contribution in [-0.4, -0.2) is 39.3 Å². The molecule has 1 saturated heterocycles. The molecule has 1 aromatic heterocycles. The molecule has 0 aliphatic carbocycles. The van der Waals surface area contributed by atoms with Crippen LogP contribution in [0.1, 0.15) is 28.9 Å². The lowest BCUT2D eigenvalue weighted by atomic mass is 10.0. The summed E-state index contributed by atoms with van der Waals surface area (Å²) < 4.78 is 45.1. The minimum Gasteiger partial charge on any atom is -0.484 e. The second kappa shape index (κ2) is 9.99. The standard InChI is InChI=1S/C28H26F2N2O4/c1-17(18-3-7-20(29)8-4-18)35-25-15-22-24(16-23(25)32-11-13-34-14-12-32)36-27(26(22)28(33)31-2)19-5-9-21(30)10-6-19/h3-10,15-17H,11-14H2,1-2H3,(H,31,33). The van der Waals surface area contributed by atoms with Gasteiger partial charge in [0.25, 0.3) is 5.91 Å². The first-order chi connectivity index (χ1) is 17.4. The van der Waals surface area contributed by atoms with Gasteiger partial charge in [0.1, 0.15) is 34.8 Å². The van der Waals surface area contributed by atoms with Gasteiger partial charge in [0.15, 0.2) is 0 Å². The van der Waals surface area contributed by atoms with E-state index in [0.29, 0.717) is 59.9 Å². The molecule has 0 radical (unpaired) electrons. The minimum atomic E-state index is -0.380. The summed E-state index contributed by atoms with van der Waals surface area (Å²) in [5.74, 6) is -0.108. The van der Waals surface area contributed by atoms with E-state index in [1.54, 1.807) is 37.4 Å². The lowest BCUT2D eigenvalue weighted by Crippen LogP contribution is -2.36. The molecule has 1 N–H and O–H groups in total. The van der Waals surface area contributed by atoms with Gasteiger partial charge in [-0.25, -0.2) is 8.78 Å². The smallest absolute Gasteiger partial charge is 0.255 e. The molecular formula is C28H26F2N2O4. The van der Waals surface area contributed by atoms with Crippen LogP contribution in [0.5, 0.6) is 5.75 Å². The molecule has 1 atom stereocenters. The van der Waals surface area contributed by atoms with Crippen molar-refractivity contribution in [3.8, 4) is 17.1 Å². The van der Waals surface area contributed by atoms with Crippen molar-refractivity contribution in [2.75, 3.05) is 38.3 Å². The van der Waals surface area contributed by atoms with Crippen molar-refractivity contribution >= 4 is 22.6 Å². The van der Waals surface area contributed by atoms with Crippen LogP contribution in [0, 0.1) is 11.6 Å².